The fourth-order valence-corrected chi connectivity index (χ4v) is 4.43. The molecule has 0 spiro atoms. The minimum Gasteiger partial charge on any atom is -0.481 e. The summed E-state index contributed by atoms with van der Waals surface area (Å²) in [4.78, 5) is 38.9. The lowest BCUT2D eigenvalue weighted by atomic mass is 9.95. The summed E-state index contributed by atoms with van der Waals surface area (Å²) in [6.07, 6.45) is 6.27. The van der Waals surface area contributed by atoms with Crippen molar-refractivity contribution >= 4 is 34.4 Å². The molecule has 1 aliphatic heterocycles. The Morgan fingerprint density at radius 3 is 2.83 bits per heavy atom. The van der Waals surface area contributed by atoms with E-state index in [0.29, 0.717) is 60.3 Å². The van der Waals surface area contributed by atoms with Crippen molar-refractivity contribution in [2.45, 2.75) is 19.4 Å². The van der Waals surface area contributed by atoms with Gasteiger partial charge in [-0.1, -0.05) is 11.6 Å². The summed E-state index contributed by atoms with van der Waals surface area (Å²) < 4.78 is 5.15. The molecular weight excluding hydrogens is 470 g/mol. The SMILES string of the molecule is COc1cc(-c2cc(C(=O)N3CCC(C(=O)NCc4cnc5[nH]ccc5c4)CC3)n[nH]2)c(Cl)cn1. The summed E-state index contributed by atoms with van der Waals surface area (Å²) in [6, 6.07) is 7.30. The number of aromatic nitrogens is 5. The van der Waals surface area contributed by atoms with E-state index in [1.165, 1.54) is 13.3 Å². The molecule has 0 saturated carbocycles. The molecule has 5 heterocycles. The number of amides is 2. The molecule has 4 aromatic rings. The van der Waals surface area contributed by atoms with E-state index in [1.54, 1.807) is 23.2 Å². The predicted octanol–water partition coefficient (Wildman–Crippen LogP) is 3.18. The van der Waals surface area contributed by atoms with Crippen molar-refractivity contribution < 1.29 is 14.3 Å². The van der Waals surface area contributed by atoms with Crippen LogP contribution in [0.4, 0.5) is 0 Å². The second kappa shape index (κ2) is 9.75. The first kappa shape index (κ1) is 22.9. The van der Waals surface area contributed by atoms with E-state index in [4.69, 9.17) is 16.3 Å². The van der Waals surface area contributed by atoms with Crippen LogP contribution in [0.1, 0.15) is 28.9 Å². The van der Waals surface area contributed by atoms with E-state index in [0.717, 1.165) is 16.6 Å². The molecule has 0 aliphatic carbocycles. The molecule has 10 nitrogen and oxygen atoms in total. The molecule has 180 valence electrons. The number of carbonyl (C=O) groups is 2. The quantitative estimate of drug-likeness (QED) is 0.378. The maximum atomic E-state index is 13.0. The monoisotopic (exact) mass is 493 g/mol. The summed E-state index contributed by atoms with van der Waals surface area (Å²) in [7, 11) is 1.52. The number of halogens is 1. The van der Waals surface area contributed by atoms with Crippen LogP contribution in [-0.2, 0) is 11.3 Å². The van der Waals surface area contributed by atoms with Crippen LogP contribution in [0, 0.1) is 5.92 Å². The summed E-state index contributed by atoms with van der Waals surface area (Å²) >= 11 is 6.25. The zero-order chi connectivity index (χ0) is 24.4. The number of rotatable bonds is 6. The fraction of sp³-hybridized carbons (Fsp3) is 0.292. The first-order valence-corrected chi connectivity index (χ1v) is 11.6. The number of nitrogens with zero attached hydrogens (tertiary/aromatic N) is 4. The second-order valence-electron chi connectivity index (χ2n) is 8.42. The number of carbonyl (C=O) groups excluding carboxylic acids is 2. The molecule has 35 heavy (non-hydrogen) atoms. The van der Waals surface area contributed by atoms with Gasteiger partial charge in [0.1, 0.15) is 5.65 Å². The Morgan fingerprint density at radius 2 is 2.03 bits per heavy atom. The number of aromatic amines is 2. The molecule has 0 atom stereocenters. The summed E-state index contributed by atoms with van der Waals surface area (Å²) in [5.41, 5.74) is 3.30. The Bertz CT molecular complexity index is 1370. The van der Waals surface area contributed by atoms with Crippen LogP contribution in [0.5, 0.6) is 5.88 Å². The summed E-state index contributed by atoms with van der Waals surface area (Å²) in [6.45, 7) is 1.39. The van der Waals surface area contributed by atoms with Gasteiger partial charge in [0.25, 0.3) is 5.91 Å². The molecule has 0 aromatic carbocycles. The smallest absolute Gasteiger partial charge is 0.274 e. The third-order valence-electron chi connectivity index (χ3n) is 6.20. The van der Waals surface area contributed by atoms with Gasteiger partial charge in [-0.05, 0) is 36.6 Å². The molecule has 1 fully saturated rings. The molecule has 2 amide bonds. The van der Waals surface area contributed by atoms with Crippen LogP contribution in [0.3, 0.4) is 0 Å². The van der Waals surface area contributed by atoms with Crippen LogP contribution in [0.25, 0.3) is 22.3 Å². The van der Waals surface area contributed by atoms with Crippen LogP contribution in [0.15, 0.2) is 42.9 Å². The van der Waals surface area contributed by atoms with Crippen molar-refractivity contribution in [1.82, 2.24) is 35.4 Å². The lowest BCUT2D eigenvalue weighted by Gasteiger charge is -2.30. The highest BCUT2D eigenvalue weighted by atomic mass is 35.5. The second-order valence-corrected chi connectivity index (χ2v) is 8.82. The number of piperidine rings is 1. The van der Waals surface area contributed by atoms with E-state index >= 15 is 0 Å². The van der Waals surface area contributed by atoms with Crippen LogP contribution in [-0.4, -0.2) is 62.1 Å². The summed E-state index contributed by atoms with van der Waals surface area (Å²) in [5, 5.41) is 11.5. The van der Waals surface area contributed by atoms with Gasteiger partial charge in [-0.15, -0.1) is 0 Å². The van der Waals surface area contributed by atoms with Crippen molar-refractivity contribution in [2.75, 3.05) is 20.2 Å². The number of methoxy groups -OCH3 is 1. The minimum absolute atomic E-state index is 0.00500. The number of hydrogen-bond donors (Lipinski definition) is 3. The van der Waals surface area contributed by atoms with Gasteiger partial charge < -0.3 is 19.9 Å². The zero-order valence-corrected chi connectivity index (χ0v) is 19.8. The average Bonchev–Trinajstić information content (AvgIpc) is 3.57. The number of pyridine rings is 2. The largest absolute Gasteiger partial charge is 0.481 e. The zero-order valence-electron chi connectivity index (χ0n) is 19.0. The molecule has 0 bridgehead atoms. The van der Waals surface area contributed by atoms with E-state index in [9.17, 15) is 9.59 Å². The van der Waals surface area contributed by atoms with Gasteiger partial charge in [0.05, 0.1) is 24.0 Å². The minimum atomic E-state index is -0.186. The summed E-state index contributed by atoms with van der Waals surface area (Å²) in [5.74, 6) is 0.0818. The van der Waals surface area contributed by atoms with Gasteiger partial charge in [0.15, 0.2) is 5.69 Å². The molecule has 3 N–H and O–H groups in total. The van der Waals surface area contributed by atoms with Crippen molar-refractivity contribution in [3.8, 4) is 17.1 Å². The van der Waals surface area contributed by atoms with Crippen molar-refractivity contribution in [2.24, 2.45) is 5.92 Å². The highest BCUT2D eigenvalue weighted by Crippen LogP contribution is 2.29. The molecule has 5 rings (SSSR count). The molecular formula is C24H24ClN7O3. The standard InChI is InChI=1S/C24H24ClN7O3/c1-35-21-9-17(18(25)13-27-21)19-10-20(31-30-19)24(34)32-6-3-15(4-7-32)23(33)29-12-14-8-16-2-5-26-22(16)28-11-14/h2,5,8-11,13,15H,3-4,6-7,12H2,1H3,(H,26,28)(H,29,33)(H,30,31). The number of ether oxygens (including phenoxy) is 1. The van der Waals surface area contributed by atoms with Crippen molar-refractivity contribution in [1.29, 1.82) is 0 Å². The third-order valence-corrected chi connectivity index (χ3v) is 6.50. The Morgan fingerprint density at radius 1 is 1.20 bits per heavy atom. The van der Waals surface area contributed by atoms with Gasteiger partial charge in [-0.3, -0.25) is 14.7 Å². The Kier molecular flexibility index (Phi) is 6.37. The maximum Gasteiger partial charge on any atom is 0.274 e. The Hall–Kier alpha value is -3.92. The number of likely N-dealkylation sites (tertiary alicyclic amines) is 1. The van der Waals surface area contributed by atoms with Crippen LogP contribution >= 0.6 is 11.6 Å². The Balaban J connectivity index is 1.16. The van der Waals surface area contributed by atoms with Crippen LogP contribution in [0.2, 0.25) is 5.02 Å². The van der Waals surface area contributed by atoms with Gasteiger partial charge in [-0.2, -0.15) is 5.10 Å². The number of hydrogen-bond acceptors (Lipinski definition) is 6. The lowest BCUT2D eigenvalue weighted by Crippen LogP contribution is -2.43. The fourth-order valence-electron chi connectivity index (χ4n) is 4.23. The number of fused-ring (bicyclic) bond motifs is 1. The number of nitrogens with one attached hydrogen (secondary N) is 3. The van der Waals surface area contributed by atoms with Crippen molar-refractivity contribution in [3.05, 3.63) is 59.1 Å². The molecule has 0 unspecified atom stereocenters. The average molecular weight is 494 g/mol. The Labute approximate surface area is 206 Å². The van der Waals surface area contributed by atoms with E-state index < -0.39 is 0 Å². The molecule has 11 heteroatoms. The molecule has 1 saturated heterocycles. The predicted molar refractivity (Wildman–Crippen MR) is 130 cm³/mol. The number of H-pyrrole nitrogens is 2. The molecule has 1 aliphatic rings. The lowest BCUT2D eigenvalue weighted by molar-refractivity contribution is -0.126. The molecule has 4 aromatic heterocycles. The normalized spacial score (nSPS) is 14.3. The van der Waals surface area contributed by atoms with Crippen molar-refractivity contribution in [3.63, 3.8) is 0 Å². The first-order chi connectivity index (χ1) is 17.0. The van der Waals surface area contributed by atoms with Gasteiger partial charge >= 0.3 is 0 Å². The maximum absolute atomic E-state index is 13.0. The van der Waals surface area contributed by atoms with Crippen LogP contribution < -0.4 is 10.1 Å². The topological polar surface area (TPSA) is 129 Å². The highest BCUT2D eigenvalue weighted by Gasteiger charge is 2.29. The van der Waals surface area contributed by atoms with Gasteiger partial charge in [0.2, 0.25) is 11.8 Å². The van der Waals surface area contributed by atoms with Gasteiger partial charge in [-0.25, -0.2) is 9.97 Å². The molecule has 0 radical (unpaired) electrons. The van der Waals surface area contributed by atoms with Gasteiger partial charge in [0, 0.05) is 55.0 Å². The first-order valence-electron chi connectivity index (χ1n) is 11.3. The van der Waals surface area contributed by atoms with E-state index in [2.05, 4.69) is 30.5 Å². The van der Waals surface area contributed by atoms with E-state index in [1.807, 2.05) is 18.3 Å². The highest BCUT2D eigenvalue weighted by molar-refractivity contribution is 6.33. The third kappa shape index (κ3) is 4.83. The van der Waals surface area contributed by atoms with E-state index in [-0.39, 0.29) is 17.7 Å².